The van der Waals surface area contributed by atoms with Crippen molar-refractivity contribution in [1.29, 1.82) is 0 Å². The monoisotopic (exact) mass is 360 g/mol. The van der Waals surface area contributed by atoms with Crippen LogP contribution in [0.1, 0.15) is 30.0 Å². The van der Waals surface area contributed by atoms with Gasteiger partial charge in [0, 0.05) is 6.61 Å². The van der Waals surface area contributed by atoms with Crippen LogP contribution in [0, 0.1) is 0 Å². The number of rotatable bonds is 9. The van der Waals surface area contributed by atoms with Crippen molar-refractivity contribution >= 4 is 8.32 Å². The molecular weight excluding hydrogens is 332 g/mol. The second kappa shape index (κ2) is 9.51. The van der Waals surface area contributed by atoms with E-state index in [-0.39, 0.29) is 0 Å². The van der Waals surface area contributed by atoms with Gasteiger partial charge in [-0.2, -0.15) is 0 Å². The van der Waals surface area contributed by atoms with Crippen LogP contribution in [0.5, 0.6) is 0 Å². The molecule has 0 radical (unpaired) electrons. The molecule has 0 bridgehead atoms. The van der Waals surface area contributed by atoms with Gasteiger partial charge < -0.3 is 4.43 Å². The van der Waals surface area contributed by atoms with E-state index in [1.54, 1.807) is 0 Å². The summed E-state index contributed by atoms with van der Waals surface area (Å²) in [5.41, 5.74) is 4.17. The fourth-order valence-electron chi connectivity index (χ4n) is 3.56. The minimum absolute atomic E-state index is 0.846. The molecule has 0 heterocycles. The predicted octanol–water partition coefficient (Wildman–Crippen LogP) is 5.70. The first-order valence-corrected chi connectivity index (χ1v) is 12.1. The van der Waals surface area contributed by atoms with E-state index < -0.39 is 8.32 Å². The first kappa shape index (κ1) is 18.6. The van der Waals surface area contributed by atoms with Crippen LogP contribution in [0.3, 0.4) is 0 Å². The molecule has 3 aromatic carbocycles. The van der Waals surface area contributed by atoms with Crippen LogP contribution in [-0.2, 0) is 22.6 Å². The lowest BCUT2D eigenvalue weighted by Crippen LogP contribution is -2.47. The Bertz CT molecular complexity index is 655. The zero-order chi connectivity index (χ0) is 18.1. The van der Waals surface area contributed by atoms with Gasteiger partial charge >= 0.3 is 0 Å². The lowest BCUT2D eigenvalue weighted by atomic mass is 10.2. The summed E-state index contributed by atoms with van der Waals surface area (Å²) in [5.74, 6) is 0. The SMILES string of the molecule is CCCO[Si](Cc1ccccc1)(Cc1ccccc1)Cc1ccccc1. The summed E-state index contributed by atoms with van der Waals surface area (Å²) in [4.78, 5) is 0. The summed E-state index contributed by atoms with van der Waals surface area (Å²) in [6.45, 7) is 3.05. The van der Waals surface area contributed by atoms with Crippen molar-refractivity contribution in [2.24, 2.45) is 0 Å². The Morgan fingerprint density at radius 3 is 1.23 bits per heavy atom. The molecule has 26 heavy (non-hydrogen) atoms. The normalized spacial score (nSPS) is 11.4. The molecule has 134 valence electrons. The molecule has 0 saturated carbocycles. The molecule has 0 atom stereocenters. The first-order chi connectivity index (χ1) is 12.8. The van der Waals surface area contributed by atoms with E-state index in [4.69, 9.17) is 4.43 Å². The minimum atomic E-state index is -2.04. The van der Waals surface area contributed by atoms with Crippen molar-refractivity contribution in [3.05, 3.63) is 108 Å². The summed E-state index contributed by atoms with van der Waals surface area (Å²) in [5, 5.41) is 0. The molecule has 0 aliphatic carbocycles. The van der Waals surface area contributed by atoms with Gasteiger partial charge in [-0.3, -0.25) is 0 Å². The maximum absolute atomic E-state index is 6.73. The molecule has 1 nitrogen and oxygen atoms in total. The second-order valence-electron chi connectivity index (χ2n) is 7.02. The molecule has 0 amide bonds. The summed E-state index contributed by atoms with van der Waals surface area (Å²) in [6.07, 6.45) is 1.06. The van der Waals surface area contributed by atoms with E-state index in [1.165, 1.54) is 16.7 Å². The van der Waals surface area contributed by atoms with Gasteiger partial charge in [0.1, 0.15) is 0 Å². The quantitative estimate of drug-likeness (QED) is 0.444. The molecule has 3 rings (SSSR count). The van der Waals surface area contributed by atoms with E-state index in [1.807, 2.05) is 0 Å². The number of hydrogen-bond donors (Lipinski definition) is 0. The Labute approximate surface area is 158 Å². The van der Waals surface area contributed by atoms with Crippen molar-refractivity contribution < 1.29 is 4.43 Å². The van der Waals surface area contributed by atoms with Crippen molar-refractivity contribution in [2.45, 2.75) is 31.5 Å². The molecule has 0 saturated heterocycles. The van der Waals surface area contributed by atoms with Crippen LogP contribution < -0.4 is 0 Å². The highest BCUT2D eigenvalue weighted by molar-refractivity contribution is 6.72. The van der Waals surface area contributed by atoms with E-state index in [0.717, 1.165) is 31.2 Å². The summed E-state index contributed by atoms with van der Waals surface area (Å²) < 4.78 is 6.73. The lowest BCUT2D eigenvalue weighted by Gasteiger charge is -2.32. The molecule has 0 spiro atoms. The summed E-state index contributed by atoms with van der Waals surface area (Å²) in [7, 11) is -2.04. The smallest absolute Gasteiger partial charge is 0.205 e. The van der Waals surface area contributed by atoms with Gasteiger partial charge in [-0.1, -0.05) is 97.9 Å². The van der Waals surface area contributed by atoms with E-state index in [2.05, 4.69) is 97.9 Å². The van der Waals surface area contributed by atoms with E-state index in [9.17, 15) is 0 Å². The third-order valence-corrected chi connectivity index (χ3v) is 8.69. The topological polar surface area (TPSA) is 9.23 Å². The molecule has 0 unspecified atom stereocenters. The molecular formula is C24H28OSi. The Morgan fingerprint density at radius 2 is 0.923 bits per heavy atom. The van der Waals surface area contributed by atoms with Crippen molar-refractivity contribution in [3.63, 3.8) is 0 Å². The van der Waals surface area contributed by atoms with Crippen LogP contribution in [0.4, 0.5) is 0 Å². The van der Waals surface area contributed by atoms with Gasteiger partial charge in [-0.05, 0) is 41.2 Å². The highest BCUT2D eigenvalue weighted by Gasteiger charge is 2.35. The first-order valence-electron chi connectivity index (χ1n) is 9.55. The molecule has 3 aromatic rings. The van der Waals surface area contributed by atoms with Gasteiger partial charge in [0.2, 0.25) is 8.32 Å². The number of benzene rings is 3. The van der Waals surface area contributed by atoms with Crippen molar-refractivity contribution in [2.75, 3.05) is 6.61 Å². The Balaban J connectivity index is 1.94. The van der Waals surface area contributed by atoms with Gasteiger partial charge in [0.05, 0.1) is 0 Å². The summed E-state index contributed by atoms with van der Waals surface area (Å²) >= 11 is 0. The third kappa shape index (κ3) is 5.42. The van der Waals surface area contributed by atoms with E-state index >= 15 is 0 Å². The van der Waals surface area contributed by atoms with Crippen LogP contribution in [0.25, 0.3) is 0 Å². The van der Waals surface area contributed by atoms with Crippen LogP contribution in [0.15, 0.2) is 91.0 Å². The standard InChI is InChI=1S/C24H28OSi/c1-2-18-25-26(19-22-12-6-3-7-13-22,20-23-14-8-4-9-15-23)21-24-16-10-5-11-17-24/h3-17H,2,18-21H2,1H3. The molecule has 0 aliphatic rings. The van der Waals surface area contributed by atoms with Crippen LogP contribution >= 0.6 is 0 Å². The van der Waals surface area contributed by atoms with Crippen LogP contribution in [-0.4, -0.2) is 14.9 Å². The highest BCUT2D eigenvalue weighted by Crippen LogP contribution is 2.24. The summed E-state index contributed by atoms with van der Waals surface area (Å²) in [6, 6.07) is 35.7. The molecule has 0 fully saturated rings. The Hall–Kier alpha value is -2.16. The zero-order valence-electron chi connectivity index (χ0n) is 15.6. The third-order valence-electron chi connectivity index (χ3n) is 4.72. The van der Waals surface area contributed by atoms with E-state index in [0.29, 0.717) is 0 Å². The zero-order valence-corrected chi connectivity index (χ0v) is 16.6. The Kier molecular flexibility index (Phi) is 6.81. The minimum Gasteiger partial charge on any atom is -0.416 e. The largest absolute Gasteiger partial charge is 0.416 e. The van der Waals surface area contributed by atoms with Gasteiger partial charge in [-0.15, -0.1) is 0 Å². The molecule has 0 aromatic heterocycles. The Morgan fingerprint density at radius 1 is 0.577 bits per heavy atom. The molecule has 2 heteroatoms. The van der Waals surface area contributed by atoms with Gasteiger partial charge in [-0.25, -0.2) is 0 Å². The van der Waals surface area contributed by atoms with Gasteiger partial charge in [0.25, 0.3) is 0 Å². The second-order valence-corrected chi connectivity index (χ2v) is 10.7. The van der Waals surface area contributed by atoms with Crippen molar-refractivity contribution in [1.82, 2.24) is 0 Å². The lowest BCUT2D eigenvalue weighted by molar-refractivity contribution is 0.295. The average Bonchev–Trinajstić information content (AvgIpc) is 2.69. The number of hydrogen-bond acceptors (Lipinski definition) is 1. The maximum Gasteiger partial charge on any atom is 0.205 e. The maximum atomic E-state index is 6.73. The highest BCUT2D eigenvalue weighted by atomic mass is 28.4. The van der Waals surface area contributed by atoms with Gasteiger partial charge in [0.15, 0.2) is 0 Å². The van der Waals surface area contributed by atoms with Crippen LogP contribution in [0.2, 0.25) is 0 Å². The predicted molar refractivity (Wildman–Crippen MR) is 112 cm³/mol. The fourth-order valence-corrected chi connectivity index (χ4v) is 7.82. The average molecular weight is 361 g/mol. The fraction of sp³-hybridized carbons (Fsp3) is 0.250. The molecule has 0 N–H and O–H groups in total. The van der Waals surface area contributed by atoms with Crippen molar-refractivity contribution in [3.8, 4) is 0 Å². The molecule has 0 aliphatic heterocycles.